The Bertz CT molecular complexity index is 818. The van der Waals surface area contributed by atoms with Crippen molar-refractivity contribution in [2.75, 3.05) is 7.05 Å². The number of amides is 2. The summed E-state index contributed by atoms with van der Waals surface area (Å²) in [5.41, 5.74) is 2.09. The van der Waals surface area contributed by atoms with Crippen LogP contribution in [0.15, 0.2) is 48.5 Å². The van der Waals surface area contributed by atoms with Gasteiger partial charge in [-0.1, -0.05) is 24.3 Å². The Kier molecular flexibility index (Phi) is 6.06. The van der Waals surface area contributed by atoms with Crippen LogP contribution in [0, 0.1) is 10.1 Å². The third-order valence-electron chi connectivity index (χ3n) is 4.21. The van der Waals surface area contributed by atoms with E-state index in [9.17, 15) is 19.7 Å². The molecule has 2 aromatic carbocycles. The lowest BCUT2D eigenvalue weighted by molar-refractivity contribution is -0.384. The Labute approximate surface area is 151 Å². The van der Waals surface area contributed by atoms with Crippen LogP contribution in [0.1, 0.15) is 41.4 Å². The highest BCUT2D eigenvalue weighted by molar-refractivity contribution is 5.94. The van der Waals surface area contributed by atoms with Gasteiger partial charge in [-0.05, 0) is 30.2 Å². The first-order valence-corrected chi connectivity index (χ1v) is 8.14. The summed E-state index contributed by atoms with van der Waals surface area (Å²) in [4.78, 5) is 35.6. The van der Waals surface area contributed by atoms with Crippen LogP contribution in [0.2, 0.25) is 0 Å². The maximum atomic E-state index is 12.7. The standard InChI is InChI=1S/C19H21N3O4/c1-13(17-5-4-6-18(11-17)22(25)26)21(3)19(24)16-9-7-15(8-10-16)12-20-14(2)23/h4-11,13H,12H2,1-3H3,(H,20,23). The van der Waals surface area contributed by atoms with Crippen LogP contribution in [0.4, 0.5) is 5.69 Å². The van der Waals surface area contributed by atoms with E-state index in [1.54, 1.807) is 48.3 Å². The molecule has 0 fully saturated rings. The number of nitrogens with zero attached hydrogens (tertiary/aromatic N) is 2. The summed E-state index contributed by atoms with van der Waals surface area (Å²) in [6.45, 7) is 3.67. The van der Waals surface area contributed by atoms with Crippen molar-refractivity contribution in [1.29, 1.82) is 0 Å². The van der Waals surface area contributed by atoms with Crippen molar-refractivity contribution >= 4 is 17.5 Å². The zero-order chi connectivity index (χ0) is 19.3. The summed E-state index contributed by atoms with van der Waals surface area (Å²) >= 11 is 0. The van der Waals surface area contributed by atoms with Gasteiger partial charge in [-0.2, -0.15) is 0 Å². The molecule has 0 spiro atoms. The summed E-state index contributed by atoms with van der Waals surface area (Å²) in [6.07, 6.45) is 0. The van der Waals surface area contributed by atoms with E-state index >= 15 is 0 Å². The Hall–Kier alpha value is -3.22. The van der Waals surface area contributed by atoms with Crippen LogP contribution in [-0.2, 0) is 11.3 Å². The fourth-order valence-corrected chi connectivity index (χ4v) is 2.49. The van der Waals surface area contributed by atoms with Crippen LogP contribution in [0.3, 0.4) is 0 Å². The van der Waals surface area contributed by atoms with Crippen molar-refractivity contribution in [3.63, 3.8) is 0 Å². The van der Waals surface area contributed by atoms with E-state index in [1.807, 2.05) is 6.92 Å². The number of carbonyl (C=O) groups is 2. The van der Waals surface area contributed by atoms with Gasteiger partial charge in [-0.3, -0.25) is 19.7 Å². The molecular weight excluding hydrogens is 334 g/mol. The maximum Gasteiger partial charge on any atom is 0.269 e. The second-order valence-corrected chi connectivity index (χ2v) is 6.05. The normalized spacial score (nSPS) is 11.5. The number of non-ortho nitro benzene ring substituents is 1. The van der Waals surface area contributed by atoms with Gasteiger partial charge in [0.2, 0.25) is 5.91 Å². The number of nitro benzene ring substituents is 1. The lowest BCUT2D eigenvalue weighted by Crippen LogP contribution is -2.29. The number of nitro groups is 1. The van der Waals surface area contributed by atoms with E-state index in [2.05, 4.69) is 5.32 Å². The van der Waals surface area contributed by atoms with Crippen LogP contribution in [0.25, 0.3) is 0 Å². The van der Waals surface area contributed by atoms with Gasteiger partial charge < -0.3 is 10.2 Å². The summed E-state index contributed by atoms with van der Waals surface area (Å²) in [6, 6.07) is 12.9. The van der Waals surface area contributed by atoms with Gasteiger partial charge in [0.25, 0.3) is 11.6 Å². The minimum Gasteiger partial charge on any atom is -0.352 e. The largest absolute Gasteiger partial charge is 0.352 e. The molecule has 7 heteroatoms. The molecule has 0 heterocycles. The fourth-order valence-electron chi connectivity index (χ4n) is 2.49. The molecule has 0 bridgehead atoms. The van der Waals surface area contributed by atoms with Crippen LogP contribution < -0.4 is 5.32 Å². The second kappa shape index (κ2) is 8.24. The highest BCUT2D eigenvalue weighted by Gasteiger charge is 2.20. The zero-order valence-electron chi connectivity index (χ0n) is 14.9. The maximum absolute atomic E-state index is 12.7. The molecule has 2 amide bonds. The molecule has 7 nitrogen and oxygen atoms in total. The minimum atomic E-state index is -0.453. The average molecular weight is 355 g/mol. The lowest BCUT2D eigenvalue weighted by atomic mass is 10.0. The minimum absolute atomic E-state index is 0.00229. The molecule has 0 radical (unpaired) electrons. The Balaban J connectivity index is 2.12. The SMILES string of the molecule is CC(=O)NCc1ccc(C(=O)N(C)C(C)c2cccc([N+](=O)[O-])c2)cc1. The van der Waals surface area contributed by atoms with Crippen molar-refractivity contribution in [2.24, 2.45) is 0 Å². The molecule has 1 atom stereocenters. The quantitative estimate of drug-likeness (QED) is 0.637. The van der Waals surface area contributed by atoms with Gasteiger partial charge >= 0.3 is 0 Å². The number of nitrogens with one attached hydrogen (secondary N) is 1. The van der Waals surface area contributed by atoms with Gasteiger partial charge in [0, 0.05) is 38.2 Å². The third-order valence-corrected chi connectivity index (χ3v) is 4.21. The molecule has 2 rings (SSSR count). The monoisotopic (exact) mass is 355 g/mol. The van der Waals surface area contributed by atoms with Crippen molar-refractivity contribution in [3.05, 3.63) is 75.3 Å². The third kappa shape index (κ3) is 4.66. The van der Waals surface area contributed by atoms with Gasteiger partial charge in [-0.15, -0.1) is 0 Å². The van der Waals surface area contributed by atoms with Gasteiger partial charge in [0.05, 0.1) is 11.0 Å². The molecule has 2 aromatic rings. The molecule has 1 N–H and O–H groups in total. The average Bonchev–Trinajstić information content (AvgIpc) is 2.65. The van der Waals surface area contributed by atoms with E-state index < -0.39 is 4.92 Å². The molecule has 1 unspecified atom stereocenters. The number of rotatable bonds is 6. The smallest absolute Gasteiger partial charge is 0.269 e. The van der Waals surface area contributed by atoms with Crippen molar-refractivity contribution in [3.8, 4) is 0 Å². The van der Waals surface area contributed by atoms with Crippen LogP contribution in [0.5, 0.6) is 0 Å². The predicted molar refractivity (Wildman–Crippen MR) is 97.6 cm³/mol. The highest BCUT2D eigenvalue weighted by Crippen LogP contribution is 2.24. The molecule has 0 saturated carbocycles. The Morgan fingerprint density at radius 1 is 1.19 bits per heavy atom. The molecule has 0 aromatic heterocycles. The first kappa shape index (κ1) is 19.1. The summed E-state index contributed by atoms with van der Waals surface area (Å²) in [7, 11) is 1.66. The molecule has 0 aliphatic heterocycles. The van der Waals surface area contributed by atoms with Crippen LogP contribution in [-0.4, -0.2) is 28.7 Å². The predicted octanol–water partition coefficient (Wildman–Crippen LogP) is 3.06. The molecule has 0 aliphatic rings. The number of carbonyl (C=O) groups excluding carboxylic acids is 2. The first-order valence-electron chi connectivity index (χ1n) is 8.14. The summed E-state index contributed by atoms with van der Waals surface area (Å²) in [5, 5.41) is 13.6. The second-order valence-electron chi connectivity index (χ2n) is 6.05. The number of hydrogen-bond donors (Lipinski definition) is 1. The van der Waals surface area contributed by atoms with Crippen molar-refractivity contribution < 1.29 is 14.5 Å². The molecule has 0 saturated heterocycles. The van der Waals surface area contributed by atoms with Crippen molar-refractivity contribution in [1.82, 2.24) is 10.2 Å². The fraction of sp³-hybridized carbons (Fsp3) is 0.263. The first-order chi connectivity index (χ1) is 12.3. The topological polar surface area (TPSA) is 92.6 Å². The van der Waals surface area contributed by atoms with E-state index in [1.165, 1.54) is 19.1 Å². The molecular formula is C19H21N3O4. The van der Waals surface area contributed by atoms with E-state index in [-0.39, 0.29) is 23.5 Å². The van der Waals surface area contributed by atoms with Crippen molar-refractivity contribution in [2.45, 2.75) is 26.4 Å². The zero-order valence-corrected chi connectivity index (χ0v) is 14.9. The molecule has 26 heavy (non-hydrogen) atoms. The molecule has 136 valence electrons. The van der Waals surface area contributed by atoms with E-state index in [0.29, 0.717) is 17.7 Å². The van der Waals surface area contributed by atoms with Gasteiger partial charge in [0.1, 0.15) is 0 Å². The van der Waals surface area contributed by atoms with Gasteiger partial charge in [-0.25, -0.2) is 0 Å². The van der Waals surface area contributed by atoms with Gasteiger partial charge in [0.15, 0.2) is 0 Å². The lowest BCUT2D eigenvalue weighted by Gasteiger charge is -2.25. The Morgan fingerprint density at radius 2 is 1.85 bits per heavy atom. The summed E-state index contributed by atoms with van der Waals surface area (Å²) in [5.74, 6) is -0.300. The van der Waals surface area contributed by atoms with E-state index in [0.717, 1.165) is 5.56 Å². The highest BCUT2D eigenvalue weighted by atomic mass is 16.6. The van der Waals surface area contributed by atoms with E-state index in [4.69, 9.17) is 0 Å². The van der Waals surface area contributed by atoms with Crippen LogP contribution >= 0.6 is 0 Å². The Morgan fingerprint density at radius 3 is 2.42 bits per heavy atom. The number of benzene rings is 2. The molecule has 0 aliphatic carbocycles. The number of hydrogen-bond acceptors (Lipinski definition) is 4. The summed E-state index contributed by atoms with van der Waals surface area (Å²) < 4.78 is 0.